The van der Waals surface area contributed by atoms with E-state index in [0.717, 1.165) is 31.9 Å². The summed E-state index contributed by atoms with van der Waals surface area (Å²) in [5.41, 5.74) is 1.24. The number of hydrogen-bond acceptors (Lipinski definition) is 8. The monoisotopic (exact) mass is 538 g/mol. The standard InChI is InChI=1S/C26H26N6O3S.ClH/c33-36(34,24-12-10-23(11-13-24)35-22-4-2-1-3-5-22)31-21-8-6-20(7-9-21)29-25-14-15-28-26(30-25)32-18-16-27-17-19-32;/h1-15,27,31H,16-19H2,(H,28,29,30);1H. The topological polar surface area (TPSA) is 108 Å². The van der Waals surface area contributed by atoms with Crippen molar-refractivity contribution < 1.29 is 13.2 Å². The van der Waals surface area contributed by atoms with E-state index >= 15 is 0 Å². The second-order valence-electron chi connectivity index (χ2n) is 8.17. The normalized spacial score (nSPS) is 13.4. The number of piperazine rings is 1. The smallest absolute Gasteiger partial charge is 0.261 e. The van der Waals surface area contributed by atoms with Gasteiger partial charge in [-0.05, 0) is 66.7 Å². The molecule has 11 heteroatoms. The highest BCUT2D eigenvalue weighted by atomic mass is 35.5. The van der Waals surface area contributed by atoms with Crippen LogP contribution < -0.4 is 25.0 Å². The first-order chi connectivity index (χ1) is 17.5. The number of anilines is 4. The van der Waals surface area contributed by atoms with E-state index in [-0.39, 0.29) is 17.3 Å². The van der Waals surface area contributed by atoms with Crippen molar-refractivity contribution in [2.45, 2.75) is 4.90 Å². The average molecular weight is 539 g/mol. The van der Waals surface area contributed by atoms with Crippen LogP contribution in [-0.4, -0.2) is 44.6 Å². The van der Waals surface area contributed by atoms with Crippen molar-refractivity contribution in [3.63, 3.8) is 0 Å². The first kappa shape index (κ1) is 26.2. The Hall–Kier alpha value is -3.86. The van der Waals surface area contributed by atoms with Gasteiger partial charge in [0.15, 0.2) is 0 Å². The van der Waals surface area contributed by atoms with Crippen LogP contribution in [0.1, 0.15) is 0 Å². The summed E-state index contributed by atoms with van der Waals surface area (Å²) in [7, 11) is -3.75. The van der Waals surface area contributed by atoms with Crippen molar-refractivity contribution in [2.75, 3.05) is 41.1 Å². The molecular weight excluding hydrogens is 512 g/mol. The number of aromatic nitrogens is 2. The number of halogens is 1. The zero-order valence-electron chi connectivity index (χ0n) is 19.9. The molecular formula is C26H27ClN6O3S. The van der Waals surface area contributed by atoms with E-state index in [4.69, 9.17) is 4.74 Å². The van der Waals surface area contributed by atoms with E-state index in [9.17, 15) is 8.42 Å². The zero-order valence-corrected chi connectivity index (χ0v) is 21.5. The molecule has 0 amide bonds. The fourth-order valence-electron chi connectivity index (χ4n) is 3.73. The first-order valence-corrected chi connectivity index (χ1v) is 13.1. The van der Waals surface area contributed by atoms with Gasteiger partial charge in [-0.25, -0.2) is 13.4 Å². The molecule has 1 aliphatic heterocycles. The number of benzene rings is 3. The van der Waals surface area contributed by atoms with Gasteiger partial charge in [0.25, 0.3) is 10.0 Å². The summed E-state index contributed by atoms with van der Waals surface area (Å²) in [4.78, 5) is 11.3. The minimum Gasteiger partial charge on any atom is -0.457 e. The summed E-state index contributed by atoms with van der Waals surface area (Å²) < 4.78 is 34.0. The van der Waals surface area contributed by atoms with Gasteiger partial charge in [-0.15, -0.1) is 12.4 Å². The second kappa shape index (κ2) is 11.9. The third-order valence-electron chi connectivity index (χ3n) is 5.57. The molecule has 1 aliphatic rings. The van der Waals surface area contributed by atoms with E-state index in [0.29, 0.717) is 29.0 Å². The number of nitrogens with one attached hydrogen (secondary N) is 3. The number of ether oxygens (including phenoxy) is 1. The fraction of sp³-hybridized carbons (Fsp3) is 0.154. The lowest BCUT2D eigenvalue weighted by molar-refractivity contribution is 0.482. The third-order valence-corrected chi connectivity index (χ3v) is 6.96. The Bertz CT molecular complexity index is 1400. The van der Waals surface area contributed by atoms with Gasteiger partial charge < -0.3 is 20.3 Å². The van der Waals surface area contributed by atoms with Gasteiger partial charge in [0, 0.05) is 43.8 Å². The van der Waals surface area contributed by atoms with Crippen LogP contribution >= 0.6 is 12.4 Å². The number of hydrogen-bond donors (Lipinski definition) is 3. The number of sulfonamides is 1. The summed E-state index contributed by atoms with van der Waals surface area (Å²) in [6, 6.07) is 24.4. The van der Waals surface area contributed by atoms with Crippen LogP contribution in [-0.2, 0) is 10.0 Å². The van der Waals surface area contributed by atoms with Crippen LogP contribution in [0, 0.1) is 0 Å². The predicted octanol–water partition coefficient (Wildman–Crippen LogP) is 4.64. The molecule has 192 valence electrons. The minimum atomic E-state index is -3.75. The van der Waals surface area contributed by atoms with E-state index < -0.39 is 10.0 Å². The molecule has 1 saturated heterocycles. The van der Waals surface area contributed by atoms with E-state index in [2.05, 4.69) is 30.2 Å². The van der Waals surface area contributed by atoms with Crippen LogP contribution in [0.4, 0.5) is 23.1 Å². The molecule has 4 aromatic rings. The molecule has 2 heterocycles. The molecule has 0 bridgehead atoms. The van der Waals surface area contributed by atoms with E-state index in [1.54, 1.807) is 48.7 Å². The Morgan fingerprint density at radius 1 is 0.811 bits per heavy atom. The predicted molar refractivity (Wildman–Crippen MR) is 148 cm³/mol. The number of nitrogens with zero attached hydrogens (tertiary/aromatic N) is 3. The van der Waals surface area contributed by atoms with Crippen LogP contribution in [0.5, 0.6) is 11.5 Å². The Morgan fingerprint density at radius 3 is 2.16 bits per heavy atom. The Labute approximate surface area is 222 Å². The summed E-state index contributed by atoms with van der Waals surface area (Å²) in [6.45, 7) is 3.54. The molecule has 1 aromatic heterocycles. The van der Waals surface area contributed by atoms with Gasteiger partial charge in [-0.3, -0.25) is 4.72 Å². The summed E-state index contributed by atoms with van der Waals surface area (Å²) in [6.07, 6.45) is 1.73. The van der Waals surface area contributed by atoms with Gasteiger partial charge in [0.2, 0.25) is 5.95 Å². The van der Waals surface area contributed by atoms with Crippen molar-refractivity contribution in [1.82, 2.24) is 15.3 Å². The van der Waals surface area contributed by atoms with Crippen LogP contribution in [0.2, 0.25) is 0 Å². The number of rotatable bonds is 8. The molecule has 3 aromatic carbocycles. The fourth-order valence-corrected chi connectivity index (χ4v) is 4.79. The molecule has 0 atom stereocenters. The number of para-hydroxylation sites is 1. The van der Waals surface area contributed by atoms with Gasteiger partial charge in [0.1, 0.15) is 17.3 Å². The Kier molecular flexibility index (Phi) is 8.44. The van der Waals surface area contributed by atoms with Crippen molar-refractivity contribution in [3.05, 3.63) is 91.1 Å². The highest BCUT2D eigenvalue weighted by Gasteiger charge is 2.15. The summed E-state index contributed by atoms with van der Waals surface area (Å²) >= 11 is 0. The van der Waals surface area contributed by atoms with Crippen LogP contribution in [0.25, 0.3) is 0 Å². The lowest BCUT2D eigenvalue weighted by Crippen LogP contribution is -2.44. The van der Waals surface area contributed by atoms with E-state index in [1.165, 1.54) is 12.1 Å². The lowest BCUT2D eigenvalue weighted by atomic mass is 10.3. The summed E-state index contributed by atoms with van der Waals surface area (Å²) in [5, 5.41) is 6.56. The highest BCUT2D eigenvalue weighted by molar-refractivity contribution is 7.92. The van der Waals surface area contributed by atoms with Gasteiger partial charge in [0.05, 0.1) is 4.90 Å². The van der Waals surface area contributed by atoms with Gasteiger partial charge in [-0.1, -0.05) is 18.2 Å². The second-order valence-corrected chi connectivity index (χ2v) is 9.86. The first-order valence-electron chi connectivity index (χ1n) is 11.6. The molecule has 3 N–H and O–H groups in total. The maximum absolute atomic E-state index is 12.8. The van der Waals surface area contributed by atoms with Crippen LogP contribution in [0.3, 0.4) is 0 Å². The van der Waals surface area contributed by atoms with Crippen molar-refractivity contribution in [2.24, 2.45) is 0 Å². The Balaban J connectivity index is 0.00000320. The zero-order chi connectivity index (χ0) is 24.8. The molecule has 0 unspecified atom stereocenters. The third kappa shape index (κ3) is 6.88. The maximum Gasteiger partial charge on any atom is 0.261 e. The molecule has 0 aliphatic carbocycles. The largest absolute Gasteiger partial charge is 0.457 e. The minimum absolute atomic E-state index is 0. The lowest BCUT2D eigenvalue weighted by Gasteiger charge is -2.27. The molecule has 0 radical (unpaired) electrons. The van der Waals surface area contributed by atoms with Gasteiger partial charge >= 0.3 is 0 Å². The van der Waals surface area contributed by atoms with Crippen molar-refractivity contribution in [3.8, 4) is 11.5 Å². The van der Waals surface area contributed by atoms with Crippen molar-refractivity contribution in [1.29, 1.82) is 0 Å². The molecule has 9 nitrogen and oxygen atoms in total. The molecule has 1 fully saturated rings. The average Bonchev–Trinajstić information content (AvgIpc) is 2.91. The molecule has 5 rings (SSSR count). The molecule has 0 saturated carbocycles. The quantitative estimate of drug-likeness (QED) is 0.297. The molecule has 0 spiro atoms. The SMILES string of the molecule is Cl.O=S(=O)(Nc1ccc(Nc2ccnc(N3CCNCC3)n2)cc1)c1ccc(Oc2ccccc2)cc1. The van der Waals surface area contributed by atoms with Crippen LogP contribution in [0.15, 0.2) is 96.0 Å². The maximum atomic E-state index is 12.8. The summed E-state index contributed by atoms with van der Waals surface area (Å²) in [5.74, 6) is 2.60. The van der Waals surface area contributed by atoms with Crippen molar-refractivity contribution >= 4 is 45.6 Å². The van der Waals surface area contributed by atoms with Gasteiger partial charge in [-0.2, -0.15) is 4.98 Å². The highest BCUT2D eigenvalue weighted by Crippen LogP contribution is 2.25. The molecule has 37 heavy (non-hydrogen) atoms. The van der Waals surface area contributed by atoms with E-state index in [1.807, 2.05) is 30.3 Å². The Morgan fingerprint density at radius 2 is 1.46 bits per heavy atom.